The summed E-state index contributed by atoms with van der Waals surface area (Å²) in [6.07, 6.45) is 0. The first-order chi connectivity index (χ1) is 26.8. The number of benzene rings is 10. The molecule has 0 spiro atoms. The summed E-state index contributed by atoms with van der Waals surface area (Å²) < 4.78 is 13.0. The number of hydrogen-bond donors (Lipinski definition) is 0. The average molecular weight is 687 g/mol. The fourth-order valence-electron chi connectivity index (χ4n) is 9.06. The van der Waals surface area contributed by atoms with Gasteiger partial charge in [0.05, 0.1) is 0 Å². The molecule has 0 fully saturated rings. The molecule has 2 nitrogen and oxygen atoms in total. The first-order valence-electron chi connectivity index (χ1n) is 18.5. The van der Waals surface area contributed by atoms with Crippen LogP contribution in [0.3, 0.4) is 0 Å². The number of rotatable bonds is 3. The van der Waals surface area contributed by atoms with E-state index in [1.54, 1.807) is 0 Å². The van der Waals surface area contributed by atoms with Crippen molar-refractivity contribution in [1.29, 1.82) is 0 Å². The minimum absolute atomic E-state index is 0.880. The molecule has 0 amide bonds. The second-order valence-electron chi connectivity index (χ2n) is 14.3. The molecule has 0 aliphatic heterocycles. The molecule has 2 heterocycles. The van der Waals surface area contributed by atoms with E-state index in [0.29, 0.717) is 0 Å². The molecule has 0 bridgehead atoms. The topological polar surface area (TPSA) is 26.3 Å². The minimum atomic E-state index is 0.880. The number of furan rings is 2. The predicted molar refractivity (Wildman–Crippen MR) is 227 cm³/mol. The lowest BCUT2D eigenvalue weighted by molar-refractivity contribution is 0.668. The Bertz CT molecular complexity index is 3450. The summed E-state index contributed by atoms with van der Waals surface area (Å²) in [5.74, 6) is 0. The van der Waals surface area contributed by atoms with E-state index >= 15 is 0 Å². The molecule has 250 valence electrons. The summed E-state index contributed by atoms with van der Waals surface area (Å²) in [5.41, 5.74) is 10.6. The maximum Gasteiger partial charge on any atom is 0.143 e. The molecule has 0 aliphatic carbocycles. The third kappa shape index (κ3) is 4.17. The first-order valence-corrected chi connectivity index (χ1v) is 18.5. The number of hydrogen-bond acceptors (Lipinski definition) is 2. The van der Waals surface area contributed by atoms with Crippen LogP contribution in [0.15, 0.2) is 191 Å². The Kier molecular flexibility index (Phi) is 6.09. The molecule has 12 rings (SSSR count). The van der Waals surface area contributed by atoms with Crippen molar-refractivity contribution in [1.82, 2.24) is 0 Å². The molecule has 0 saturated carbocycles. The molecule has 2 heteroatoms. The molecule has 0 aliphatic rings. The van der Waals surface area contributed by atoms with E-state index in [0.717, 1.165) is 60.6 Å². The Labute approximate surface area is 310 Å². The summed E-state index contributed by atoms with van der Waals surface area (Å²) in [7, 11) is 0. The van der Waals surface area contributed by atoms with Gasteiger partial charge in [-0.2, -0.15) is 0 Å². The molecule has 54 heavy (non-hydrogen) atoms. The maximum absolute atomic E-state index is 6.85. The van der Waals surface area contributed by atoms with Crippen LogP contribution in [0.2, 0.25) is 0 Å². The molecule has 0 N–H and O–H groups in total. The number of para-hydroxylation sites is 2. The van der Waals surface area contributed by atoms with Crippen molar-refractivity contribution in [2.45, 2.75) is 0 Å². The van der Waals surface area contributed by atoms with Gasteiger partial charge in [-0.1, -0.05) is 146 Å². The maximum atomic E-state index is 6.85. The highest BCUT2D eigenvalue weighted by Gasteiger charge is 2.23. The van der Waals surface area contributed by atoms with E-state index in [2.05, 4.69) is 170 Å². The fraction of sp³-hybridized carbons (Fsp3) is 0. The largest absolute Gasteiger partial charge is 0.456 e. The van der Waals surface area contributed by atoms with Crippen molar-refractivity contribution < 1.29 is 8.83 Å². The lowest BCUT2D eigenvalue weighted by Crippen LogP contribution is -1.92. The zero-order chi connectivity index (χ0) is 35.3. The van der Waals surface area contributed by atoms with Gasteiger partial charge in [0.25, 0.3) is 0 Å². The monoisotopic (exact) mass is 686 g/mol. The summed E-state index contributed by atoms with van der Waals surface area (Å²) in [6, 6.07) is 65.7. The lowest BCUT2D eigenvalue weighted by Gasteiger charge is -2.19. The molecule has 0 saturated heterocycles. The van der Waals surface area contributed by atoms with Gasteiger partial charge in [0.2, 0.25) is 0 Å². The van der Waals surface area contributed by atoms with E-state index < -0.39 is 0 Å². The van der Waals surface area contributed by atoms with Gasteiger partial charge >= 0.3 is 0 Å². The quantitative estimate of drug-likeness (QED) is 0.137. The van der Waals surface area contributed by atoms with Crippen LogP contribution in [0.25, 0.3) is 120 Å². The van der Waals surface area contributed by atoms with Gasteiger partial charge in [-0.15, -0.1) is 0 Å². The third-order valence-electron chi connectivity index (χ3n) is 11.4. The second kappa shape index (κ2) is 11.2. The van der Waals surface area contributed by atoms with E-state index in [9.17, 15) is 0 Å². The Balaban J connectivity index is 1.14. The van der Waals surface area contributed by atoms with Gasteiger partial charge in [0.1, 0.15) is 22.3 Å². The summed E-state index contributed by atoms with van der Waals surface area (Å²) in [5, 5.41) is 14.4. The molecule has 10 aromatic carbocycles. The van der Waals surface area contributed by atoms with Crippen LogP contribution >= 0.6 is 0 Å². The Morgan fingerprint density at radius 1 is 0.278 bits per heavy atom. The van der Waals surface area contributed by atoms with E-state index in [1.165, 1.54) is 59.8 Å². The van der Waals surface area contributed by atoms with E-state index in [1.807, 2.05) is 12.1 Å². The van der Waals surface area contributed by atoms with Gasteiger partial charge in [0.15, 0.2) is 0 Å². The normalized spacial score (nSPS) is 12.1. The van der Waals surface area contributed by atoms with E-state index in [-0.39, 0.29) is 0 Å². The predicted octanol–water partition coefficient (Wildman–Crippen LogP) is 15.1. The molecule has 0 unspecified atom stereocenters. The standard InChI is InChI=1S/C52H30O2/c1-2-12-35-31(11-1)21-22-32-29-34(23-25-36(32)35)49-39-14-3-5-16-41(39)50(42-17-6-4-15-40(42)49)44-27-26-37(52-51(44)43-18-8-10-20-47(43)54-52)33-24-28-48-45(30-33)38-13-7-9-19-46(38)53-48/h1-30H. The lowest BCUT2D eigenvalue weighted by atomic mass is 9.84. The zero-order valence-electron chi connectivity index (χ0n) is 29.1. The fourth-order valence-corrected chi connectivity index (χ4v) is 9.06. The highest BCUT2D eigenvalue weighted by molar-refractivity contribution is 6.27. The Morgan fingerprint density at radius 2 is 0.815 bits per heavy atom. The Hall–Kier alpha value is -7.16. The van der Waals surface area contributed by atoms with Crippen molar-refractivity contribution in [3.63, 3.8) is 0 Å². The van der Waals surface area contributed by atoms with Crippen LogP contribution in [-0.4, -0.2) is 0 Å². The highest BCUT2D eigenvalue weighted by Crippen LogP contribution is 2.49. The van der Waals surface area contributed by atoms with Crippen LogP contribution in [0, 0.1) is 0 Å². The van der Waals surface area contributed by atoms with Gasteiger partial charge < -0.3 is 8.83 Å². The van der Waals surface area contributed by atoms with Crippen LogP contribution in [0.1, 0.15) is 0 Å². The molecule has 0 atom stereocenters. The summed E-state index contributed by atoms with van der Waals surface area (Å²) in [6.45, 7) is 0. The first kappa shape index (κ1) is 29.4. The molecular weight excluding hydrogens is 657 g/mol. The average Bonchev–Trinajstić information content (AvgIpc) is 3.81. The van der Waals surface area contributed by atoms with Crippen LogP contribution < -0.4 is 0 Å². The molecule has 12 aromatic rings. The number of fused-ring (bicyclic) bond motifs is 11. The SMILES string of the molecule is c1ccc2c(c1)ccc1cc(-c3c4ccccc4c(-c4ccc(-c5ccc6oc7ccccc7c6c5)c5oc6ccccc6c45)c4ccccc34)ccc12. The van der Waals surface area contributed by atoms with E-state index in [4.69, 9.17) is 8.83 Å². The summed E-state index contributed by atoms with van der Waals surface area (Å²) in [4.78, 5) is 0. The van der Waals surface area contributed by atoms with Gasteiger partial charge in [-0.25, -0.2) is 0 Å². The highest BCUT2D eigenvalue weighted by atomic mass is 16.3. The third-order valence-corrected chi connectivity index (χ3v) is 11.4. The van der Waals surface area contributed by atoms with Crippen molar-refractivity contribution in [2.24, 2.45) is 0 Å². The minimum Gasteiger partial charge on any atom is -0.456 e. The van der Waals surface area contributed by atoms with Crippen molar-refractivity contribution in [3.8, 4) is 33.4 Å². The van der Waals surface area contributed by atoms with Gasteiger partial charge in [-0.05, 0) is 107 Å². The molecule has 0 radical (unpaired) electrons. The molecule has 2 aromatic heterocycles. The van der Waals surface area contributed by atoms with Gasteiger partial charge in [-0.3, -0.25) is 0 Å². The van der Waals surface area contributed by atoms with Gasteiger partial charge in [0, 0.05) is 27.1 Å². The van der Waals surface area contributed by atoms with Crippen LogP contribution in [0.4, 0.5) is 0 Å². The van der Waals surface area contributed by atoms with Crippen molar-refractivity contribution in [3.05, 3.63) is 182 Å². The second-order valence-corrected chi connectivity index (χ2v) is 14.3. The van der Waals surface area contributed by atoms with Crippen LogP contribution in [-0.2, 0) is 0 Å². The van der Waals surface area contributed by atoms with Crippen LogP contribution in [0.5, 0.6) is 0 Å². The van der Waals surface area contributed by atoms with Crippen molar-refractivity contribution in [2.75, 3.05) is 0 Å². The summed E-state index contributed by atoms with van der Waals surface area (Å²) >= 11 is 0. The van der Waals surface area contributed by atoms with Crippen molar-refractivity contribution >= 4 is 87.0 Å². The molecular formula is C52H30O2. The Morgan fingerprint density at radius 3 is 1.57 bits per heavy atom. The smallest absolute Gasteiger partial charge is 0.143 e. The zero-order valence-corrected chi connectivity index (χ0v) is 29.1.